The number of sulfonamides is 1. The molecule has 0 atom stereocenters. The fourth-order valence-corrected chi connectivity index (χ4v) is 2.63. The topological polar surface area (TPSA) is 71.1 Å². The number of aromatic nitrogens is 1. The summed E-state index contributed by atoms with van der Waals surface area (Å²) in [6, 6.07) is 1.74. The van der Waals surface area contributed by atoms with E-state index in [9.17, 15) is 21.6 Å². The van der Waals surface area contributed by atoms with Crippen molar-refractivity contribution in [2.24, 2.45) is 0 Å². The van der Waals surface area contributed by atoms with E-state index in [1.54, 1.807) is 13.8 Å². The minimum Gasteiger partial charge on any atom is -0.368 e. The molecule has 0 aromatic carbocycles. The molecule has 114 valence electrons. The molecule has 2 N–H and O–H groups in total. The van der Waals surface area contributed by atoms with Gasteiger partial charge in [-0.3, -0.25) is 0 Å². The number of alkyl halides is 3. The lowest BCUT2D eigenvalue weighted by Crippen LogP contribution is -2.47. The molecule has 0 radical (unpaired) electrons. The molecule has 20 heavy (non-hydrogen) atoms. The Kier molecular flexibility index (Phi) is 4.65. The van der Waals surface area contributed by atoms with Crippen LogP contribution in [0.3, 0.4) is 0 Å². The monoisotopic (exact) mass is 311 g/mol. The Labute approximate surface area is 115 Å². The van der Waals surface area contributed by atoms with Crippen LogP contribution < -0.4 is 10.0 Å². The number of hydrogen-bond donors (Lipinski definition) is 2. The lowest BCUT2D eigenvalue weighted by molar-refractivity contribution is -0.137. The third-order valence-electron chi connectivity index (χ3n) is 2.26. The van der Waals surface area contributed by atoms with Crippen molar-refractivity contribution in [1.82, 2.24) is 9.71 Å². The molecular weight excluding hydrogens is 295 g/mol. The van der Waals surface area contributed by atoms with Gasteiger partial charge in [0.05, 0.1) is 11.8 Å². The molecule has 0 saturated heterocycles. The first-order valence-corrected chi connectivity index (χ1v) is 7.54. The van der Waals surface area contributed by atoms with Gasteiger partial charge >= 0.3 is 6.18 Å². The molecule has 5 nitrogen and oxygen atoms in total. The molecular formula is C11H16F3N3O2S. The molecule has 0 amide bonds. The van der Waals surface area contributed by atoms with Crippen molar-refractivity contribution < 1.29 is 21.6 Å². The highest BCUT2D eigenvalue weighted by molar-refractivity contribution is 7.88. The van der Waals surface area contributed by atoms with E-state index in [4.69, 9.17) is 0 Å². The van der Waals surface area contributed by atoms with Gasteiger partial charge in [-0.15, -0.1) is 0 Å². The number of halogens is 3. The van der Waals surface area contributed by atoms with Crippen LogP contribution in [-0.2, 0) is 16.2 Å². The molecule has 0 aliphatic heterocycles. The van der Waals surface area contributed by atoms with E-state index in [1.807, 2.05) is 0 Å². The number of anilines is 1. The molecule has 0 bridgehead atoms. The fourth-order valence-electron chi connectivity index (χ4n) is 1.55. The minimum absolute atomic E-state index is 0.0307. The molecule has 0 fully saturated rings. The van der Waals surface area contributed by atoms with Gasteiger partial charge in [0.15, 0.2) is 0 Å². The summed E-state index contributed by atoms with van der Waals surface area (Å²) < 4.78 is 62.2. The Morgan fingerprint density at radius 2 is 1.90 bits per heavy atom. The predicted molar refractivity (Wildman–Crippen MR) is 69.8 cm³/mol. The summed E-state index contributed by atoms with van der Waals surface area (Å²) in [5.41, 5.74) is -1.67. The van der Waals surface area contributed by atoms with E-state index in [1.165, 1.54) is 0 Å². The van der Waals surface area contributed by atoms with Crippen molar-refractivity contribution in [3.63, 3.8) is 0 Å². The van der Waals surface area contributed by atoms with Gasteiger partial charge in [-0.25, -0.2) is 18.1 Å². The summed E-state index contributed by atoms with van der Waals surface area (Å²) in [7, 11) is -3.41. The number of rotatable bonds is 5. The molecule has 1 heterocycles. The van der Waals surface area contributed by atoms with Gasteiger partial charge in [0.25, 0.3) is 0 Å². The maximum Gasteiger partial charge on any atom is 0.416 e. The van der Waals surface area contributed by atoms with Crippen molar-refractivity contribution in [3.8, 4) is 0 Å². The maximum absolute atomic E-state index is 12.5. The Morgan fingerprint density at radius 1 is 1.30 bits per heavy atom. The van der Waals surface area contributed by atoms with E-state index in [0.29, 0.717) is 0 Å². The molecule has 1 aromatic heterocycles. The zero-order valence-corrected chi connectivity index (χ0v) is 12.1. The van der Waals surface area contributed by atoms with Gasteiger partial charge in [0, 0.05) is 18.3 Å². The van der Waals surface area contributed by atoms with Crippen molar-refractivity contribution in [3.05, 3.63) is 23.9 Å². The molecule has 0 spiro atoms. The maximum atomic E-state index is 12.5. The minimum atomic E-state index is -4.44. The molecule has 9 heteroatoms. The standard InChI is InChI=1S/C11H16F3N3O2S/c1-10(2,17-20(3,18)19)7-16-9-6-8(4-5-15-9)11(12,13)14/h4-6,17H,7H2,1-3H3,(H,15,16). The van der Waals surface area contributed by atoms with Gasteiger partial charge in [-0.2, -0.15) is 13.2 Å². The summed E-state index contributed by atoms with van der Waals surface area (Å²) in [6.45, 7) is 3.30. The first kappa shape index (κ1) is 16.7. The average molecular weight is 311 g/mol. The van der Waals surface area contributed by atoms with Crippen LogP contribution >= 0.6 is 0 Å². The third kappa shape index (κ3) is 5.74. The highest BCUT2D eigenvalue weighted by Crippen LogP contribution is 2.29. The van der Waals surface area contributed by atoms with Crippen molar-refractivity contribution in [2.75, 3.05) is 18.1 Å². The van der Waals surface area contributed by atoms with E-state index in [0.717, 1.165) is 24.6 Å². The zero-order chi connectivity index (χ0) is 15.6. The molecule has 0 unspecified atom stereocenters. The molecule has 0 aliphatic rings. The number of hydrogen-bond acceptors (Lipinski definition) is 4. The SMILES string of the molecule is CC(C)(CNc1cc(C(F)(F)F)ccn1)NS(C)(=O)=O. The number of pyridine rings is 1. The van der Waals surface area contributed by atoms with Crippen LogP contribution in [0.15, 0.2) is 18.3 Å². The van der Waals surface area contributed by atoms with Crippen LogP contribution in [0, 0.1) is 0 Å². The van der Waals surface area contributed by atoms with E-state index < -0.39 is 27.3 Å². The summed E-state index contributed by atoms with van der Waals surface area (Å²) in [5, 5.41) is 2.68. The quantitative estimate of drug-likeness (QED) is 0.870. The van der Waals surface area contributed by atoms with Gasteiger partial charge in [0.2, 0.25) is 10.0 Å². The third-order valence-corrected chi connectivity index (χ3v) is 3.18. The first-order valence-electron chi connectivity index (χ1n) is 5.65. The summed E-state index contributed by atoms with van der Waals surface area (Å²) in [6.07, 6.45) is -2.39. The van der Waals surface area contributed by atoms with E-state index in [-0.39, 0.29) is 12.4 Å². The van der Waals surface area contributed by atoms with Crippen LogP contribution in [-0.4, -0.2) is 31.7 Å². The van der Waals surface area contributed by atoms with Crippen LogP contribution in [0.25, 0.3) is 0 Å². The average Bonchev–Trinajstić information content (AvgIpc) is 2.22. The molecule has 0 aliphatic carbocycles. The lowest BCUT2D eigenvalue weighted by atomic mass is 10.1. The highest BCUT2D eigenvalue weighted by Gasteiger charge is 2.31. The Hall–Kier alpha value is -1.35. The normalized spacial score (nSPS) is 13.3. The van der Waals surface area contributed by atoms with Gasteiger partial charge in [0.1, 0.15) is 5.82 Å². The second-order valence-electron chi connectivity index (χ2n) is 5.04. The molecule has 1 rings (SSSR count). The van der Waals surface area contributed by atoms with Crippen molar-refractivity contribution in [2.45, 2.75) is 25.6 Å². The van der Waals surface area contributed by atoms with Crippen LogP contribution in [0.4, 0.5) is 19.0 Å². The van der Waals surface area contributed by atoms with Crippen LogP contribution in [0.5, 0.6) is 0 Å². The molecule has 1 aromatic rings. The predicted octanol–water partition coefficient (Wildman–Crippen LogP) is 1.84. The smallest absolute Gasteiger partial charge is 0.368 e. The van der Waals surface area contributed by atoms with Crippen LogP contribution in [0.1, 0.15) is 19.4 Å². The van der Waals surface area contributed by atoms with Gasteiger partial charge in [-0.1, -0.05) is 0 Å². The summed E-state index contributed by atoms with van der Waals surface area (Å²) >= 11 is 0. The Balaban J connectivity index is 2.76. The molecule has 0 saturated carbocycles. The zero-order valence-electron chi connectivity index (χ0n) is 11.2. The Morgan fingerprint density at radius 3 is 2.40 bits per heavy atom. The second-order valence-corrected chi connectivity index (χ2v) is 6.79. The second kappa shape index (κ2) is 5.57. The van der Waals surface area contributed by atoms with Gasteiger partial charge < -0.3 is 5.32 Å². The van der Waals surface area contributed by atoms with Crippen molar-refractivity contribution >= 4 is 15.8 Å². The number of nitrogens with one attached hydrogen (secondary N) is 2. The summed E-state index contributed by atoms with van der Waals surface area (Å²) in [4.78, 5) is 3.76. The van der Waals surface area contributed by atoms with Crippen molar-refractivity contribution in [1.29, 1.82) is 0 Å². The largest absolute Gasteiger partial charge is 0.416 e. The van der Waals surface area contributed by atoms with Gasteiger partial charge in [-0.05, 0) is 26.0 Å². The van der Waals surface area contributed by atoms with E-state index >= 15 is 0 Å². The fraction of sp³-hybridized carbons (Fsp3) is 0.545. The first-order chi connectivity index (χ1) is 8.89. The lowest BCUT2D eigenvalue weighted by Gasteiger charge is -2.25. The Bertz CT molecular complexity index is 571. The van der Waals surface area contributed by atoms with E-state index in [2.05, 4.69) is 15.0 Å². The van der Waals surface area contributed by atoms with Crippen LogP contribution in [0.2, 0.25) is 0 Å². The number of nitrogens with zero attached hydrogens (tertiary/aromatic N) is 1. The highest BCUT2D eigenvalue weighted by atomic mass is 32.2. The summed E-state index contributed by atoms with van der Waals surface area (Å²) in [5.74, 6) is 0.0307.